The van der Waals surface area contributed by atoms with Gasteiger partial charge in [0.15, 0.2) is 0 Å². The van der Waals surface area contributed by atoms with Gasteiger partial charge in [0, 0.05) is 38.2 Å². The number of amides is 1. The van der Waals surface area contributed by atoms with E-state index >= 15 is 0 Å². The lowest BCUT2D eigenvalue weighted by molar-refractivity contribution is 0.0628. The van der Waals surface area contributed by atoms with Crippen LogP contribution in [0, 0.1) is 0 Å². The monoisotopic (exact) mass is 256 g/mol. The Labute approximate surface area is 111 Å². The van der Waals surface area contributed by atoms with Gasteiger partial charge in [-0.2, -0.15) is 0 Å². The predicted octanol–water partition coefficient (Wildman–Crippen LogP) is 1.20. The summed E-state index contributed by atoms with van der Waals surface area (Å²) in [4.78, 5) is 21.5. The third kappa shape index (κ3) is 2.37. The van der Waals surface area contributed by atoms with Crippen molar-refractivity contribution >= 4 is 5.91 Å². The molecule has 1 unspecified atom stereocenters. The maximum atomic E-state index is 12.5. The quantitative estimate of drug-likeness (QED) is 0.848. The molecule has 0 radical (unpaired) electrons. The molecule has 1 saturated heterocycles. The zero-order chi connectivity index (χ0) is 13.1. The van der Waals surface area contributed by atoms with E-state index in [1.54, 1.807) is 12.4 Å². The van der Waals surface area contributed by atoms with Crippen molar-refractivity contribution in [2.75, 3.05) is 19.6 Å². The molecule has 0 aliphatic carbocycles. The van der Waals surface area contributed by atoms with Crippen LogP contribution in [0.3, 0.4) is 0 Å². The predicted molar refractivity (Wildman–Crippen MR) is 71.7 cm³/mol. The Morgan fingerprint density at radius 2 is 2.32 bits per heavy atom. The molecule has 0 bridgehead atoms. The highest BCUT2D eigenvalue weighted by Gasteiger charge is 2.28. The van der Waals surface area contributed by atoms with Crippen LogP contribution < -0.4 is 5.32 Å². The standard InChI is InChI=1S/C14H16N4O/c19-14(12-4-2-6-17-12)18-8-7-16-10-13(18)11-3-1-5-15-9-11/h1-6,9,13,16-17H,7-8,10H2. The smallest absolute Gasteiger partial charge is 0.270 e. The van der Waals surface area contributed by atoms with Gasteiger partial charge >= 0.3 is 0 Å². The van der Waals surface area contributed by atoms with Gasteiger partial charge in [-0.3, -0.25) is 9.78 Å². The second kappa shape index (κ2) is 5.24. The lowest BCUT2D eigenvalue weighted by Crippen LogP contribution is -2.48. The number of hydrogen-bond acceptors (Lipinski definition) is 3. The molecule has 2 N–H and O–H groups in total. The molecule has 3 rings (SSSR count). The van der Waals surface area contributed by atoms with Crippen molar-refractivity contribution in [3.05, 3.63) is 54.1 Å². The van der Waals surface area contributed by atoms with E-state index in [2.05, 4.69) is 15.3 Å². The minimum atomic E-state index is 0.0400. The van der Waals surface area contributed by atoms with Gasteiger partial charge in [0.05, 0.1) is 6.04 Å². The number of carbonyl (C=O) groups excluding carboxylic acids is 1. The molecular formula is C14H16N4O. The van der Waals surface area contributed by atoms with Gasteiger partial charge in [-0.1, -0.05) is 6.07 Å². The molecule has 1 atom stereocenters. The van der Waals surface area contributed by atoms with E-state index in [1.165, 1.54) is 0 Å². The largest absolute Gasteiger partial charge is 0.357 e. The number of rotatable bonds is 2. The molecule has 98 valence electrons. The molecular weight excluding hydrogens is 240 g/mol. The molecule has 0 spiro atoms. The highest BCUT2D eigenvalue weighted by atomic mass is 16.2. The topological polar surface area (TPSA) is 61.0 Å². The third-order valence-corrected chi connectivity index (χ3v) is 3.40. The highest BCUT2D eigenvalue weighted by Crippen LogP contribution is 2.23. The number of nitrogens with one attached hydrogen (secondary N) is 2. The van der Waals surface area contributed by atoms with Crippen molar-refractivity contribution in [2.45, 2.75) is 6.04 Å². The molecule has 3 heterocycles. The molecule has 19 heavy (non-hydrogen) atoms. The number of nitrogens with zero attached hydrogens (tertiary/aromatic N) is 2. The Morgan fingerprint density at radius 3 is 3.05 bits per heavy atom. The molecule has 2 aromatic heterocycles. The van der Waals surface area contributed by atoms with Crippen molar-refractivity contribution in [2.24, 2.45) is 0 Å². The van der Waals surface area contributed by atoms with Crippen LogP contribution in [0.15, 0.2) is 42.9 Å². The van der Waals surface area contributed by atoms with E-state index in [9.17, 15) is 4.79 Å². The van der Waals surface area contributed by atoms with E-state index in [0.717, 1.165) is 18.7 Å². The number of aromatic nitrogens is 2. The van der Waals surface area contributed by atoms with Crippen LogP contribution in [0.4, 0.5) is 0 Å². The minimum absolute atomic E-state index is 0.0400. The van der Waals surface area contributed by atoms with Gasteiger partial charge < -0.3 is 15.2 Å². The molecule has 0 aromatic carbocycles. The summed E-state index contributed by atoms with van der Waals surface area (Å²) in [7, 11) is 0. The number of aromatic amines is 1. The van der Waals surface area contributed by atoms with Crippen LogP contribution in [-0.4, -0.2) is 40.4 Å². The SMILES string of the molecule is O=C(c1ccc[nH]1)N1CCNCC1c1cccnc1. The number of H-pyrrole nitrogens is 1. The van der Waals surface area contributed by atoms with Crippen molar-refractivity contribution < 1.29 is 4.79 Å². The van der Waals surface area contributed by atoms with E-state index in [0.29, 0.717) is 12.2 Å². The van der Waals surface area contributed by atoms with E-state index in [-0.39, 0.29) is 11.9 Å². The first-order valence-electron chi connectivity index (χ1n) is 6.41. The van der Waals surface area contributed by atoms with Gasteiger partial charge in [-0.05, 0) is 23.8 Å². The first-order valence-corrected chi connectivity index (χ1v) is 6.41. The average Bonchev–Trinajstić information content (AvgIpc) is 3.02. The van der Waals surface area contributed by atoms with Crippen molar-refractivity contribution in [1.29, 1.82) is 0 Å². The molecule has 0 saturated carbocycles. The summed E-state index contributed by atoms with van der Waals surface area (Å²) in [6, 6.07) is 7.61. The van der Waals surface area contributed by atoms with Crippen LogP contribution in [0.5, 0.6) is 0 Å². The Bertz CT molecular complexity index is 538. The zero-order valence-electron chi connectivity index (χ0n) is 10.5. The molecule has 5 heteroatoms. The summed E-state index contributed by atoms with van der Waals surface area (Å²) in [6.45, 7) is 2.29. The van der Waals surface area contributed by atoms with Crippen molar-refractivity contribution in [3.8, 4) is 0 Å². The number of pyridine rings is 1. The lowest BCUT2D eigenvalue weighted by Gasteiger charge is -2.36. The van der Waals surface area contributed by atoms with Crippen molar-refractivity contribution in [1.82, 2.24) is 20.2 Å². The first kappa shape index (κ1) is 11.9. The van der Waals surface area contributed by atoms with Crippen LogP contribution in [0.25, 0.3) is 0 Å². The van der Waals surface area contributed by atoms with E-state index in [4.69, 9.17) is 0 Å². The molecule has 1 fully saturated rings. The van der Waals surface area contributed by atoms with Crippen LogP contribution in [-0.2, 0) is 0 Å². The van der Waals surface area contributed by atoms with E-state index in [1.807, 2.05) is 35.4 Å². The second-order valence-corrected chi connectivity index (χ2v) is 4.59. The molecule has 1 aliphatic rings. The van der Waals surface area contributed by atoms with Crippen molar-refractivity contribution in [3.63, 3.8) is 0 Å². The van der Waals surface area contributed by atoms with Gasteiger partial charge in [-0.15, -0.1) is 0 Å². The summed E-state index contributed by atoms with van der Waals surface area (Å²) in [5, 5.41) is 3.33. The second-order valence-electron chi connectivity index (χ2n) is 4.59. The maximum absolute atomic E-state index is 12.5. The van der Waals surface area contributed by atoms with Gasteiger partial charge in [0.2, 0.25) is 0 Å². The number of piperazine rings is 1. The summed E-state index contributed by atoms with van der Waals surface area (Å²) >= 11 is 0. The minimum Gasteiger partial charge on any atom is -0.357 e. The molecule has 5 nitrogen and oxygen atoms in total. The van der Waals surface area contributed by atoms with Crippen LogP contribution in [0.1, 0.15) is 22.1 Å². The number of carbonyl (C=O) groups is 1. The Balaban J connectivity index is 1.87. The fraction of sp³-hybridized carbons (Fsp3) is 0.286. The van der Waals surface area contributed by atoms with Crippen LogP contribution >= 0.6 is 0 Å². The molecule has 2 aromatic rings. The normalized spacial score (nSPS) is 19.4. The average molecular weight is 256 g/mol. The fourth-order valence-electron chi connectivity index (χ4n) is 2.44. The fourth-order valence-corrected chi connectivity index (χ4v) is 2.44. The zero-order valence-corrected chi connectivity index (χ0v) is 10.5. The third-order valence-electron chi connectivity index (χ3n) is 3.40. The van der Waals surface area contributed by atoms with Crippen LogP contribution in [0.2, 0.25) is 0 Å². The Kier molecular flexibility index (Phi) is 3.29. The lowest BCUT2D eigenvalue weighted by atomic mass is 10.0. The number of hydrogen-bond donors (Lipinski definition) is 2. The summed E-state index contributed by atoms with van der Waals surface area (Å²) < 4.78 is 0. The van der Waals surface area contributed by atoms with Gasteiger partial charge in [0.1, 0.15) is 5.69 Å². The van der Waals surface area contributed by atoms with Gasteiger partial charge in [0.25, 0.3) is 5.91 Å². The summed E-state index contributed by atoms with van der Waals surface area (Å²) in [5.74, 6) is 0.0420. The Morgan fingerprint density at radius 1 is 1.37 bits per heavy atom. The Hall–Kier alpha value is -2.14. The molecule has 1 aliphatic heterocycles. The van der Waals surface area contributed by atoms with Gasteiger partial charge in [-0.25, -0.2) is 0 Å². The highest BCUT2D eigenvalue weighted by molar-refractivity contribution is 5.92. The summed E-state index contributed by atoms with van der Waals surface area (Å²) in [5.41, 5.74) is 1.70. The summed E-state index contributed by atoms with van der Waals surface area (Å²) in [6.07, 6.45) is 5.35. The molecule has 1 amide bonds. The van der Waals surface area contributed by atoms with E-state index < -0.39 is 0 Å². The first-order chi connectivity index (χ1) is 9.36. The maximum Gasteiger partial charge on any atom is 0.270 e.